The fourth-order valence-corrected chi connectivity index (χ4v) is 1.08. The number of hydrogen-bond donors (Lipinski definition) is 2. The van der Waals surface area contributed by atoms with Gasteiger partial charge >= 0.3 is 0 Å². The summed E-state index contributed by atoms with van der Waals surface area (Å²) in [6.07, 6.45) is 4.06. The molecule has 3 nitrogen and oxygen atoms in total. The zero-order valence-corrected chi connectivity index (χ0v) is 6.84. The lowest BCUT2D eigenvalue weighted by molar-refractivity contribution is -0.110. The van der Waals surface area contributed by atoms with Crippen molar-refractivity contribution in [2.24, 2.45) is 5.92 Å². The minimum Gasteiger partial charge on any atom is -0.317 e. The van der Waals surface area contributed by atoms with E-state index in [1.54, 1.807) is 5.48 Å². The second kappa shape index (κ2) is 6.07. The maximum absolute atomic E-state index is 10.1. The lowest BCUT2D eigenvalue weighted by atomic mass is 10.1. The first-order chi connectivity index (χ1) is 5.24. The molecule has 1 aliphatic carbocycles. The van der Waals surface area contributed by atoms with Gasteiger partial charge in [0, 0.05) is 13.0 Å². The highest BCUT2D eigenvalue weighted by Gasteiger charge is 2.15. The predicted molar refractivity (Wildman–Crippen MR) is 43.4 cm³/mol. The molecule has 0 amide bonds. The fraction of sp³-hybridized carbons (Fsp3) is 0.625. The predicted octanol–water partition coefficient (Wildman–Crippen LogP) is 1.14. The van der Waals surface area contributed by atoms with Gasteiger partial charge in [0.15, 0.2) is 0 Å². The molecular formula is C8H15NO2. The van der Waals surface area contributed by atoms with Gasteiger partial charge in [-0.2, -0.15) is 0 Å². The first-order valence-electron chi connectivity index (χ1n) is 3.67. The molecule has 0 heterocycles. The van der Waals surface area contributed by atoms with Gasteiger partial charge in [0.25, 0.3) is 0 Å². The van der Waals surface area contributed by atoms with Crippen molar-refractivity contribution in [2.75, 3.05) is 7.05 Å². The van der Waals surface area contributed by atoms with Gasteiger partial charge in [0.2, 0.25) is 0 Å². The van der Waals surface area contributed by atoms with E-state index in [0.29, 0.717) is 5.92 Å². The number of aldehydes is 1. The Morgan fingerprint density at radius 1 is 1.82 bits per heavy atom. The van der Waals surface area contributed by atoms with E-state index >= 15 is 0 Å². The van der Waals surface area contributed by atoms with Crippen LogP contribution in [0, 0.1) is 5.92 Å². The number of rotatable bonds is 1. The van der Waals surface area contributed by atoms with Gasteiger partial charge in [-0.3, -0.25) is 0 Å². The topological polar surface area (TPSA) is 49.3 Å². The third-order valence-electron chi connectivity index (χ3n) is 1.61. The number of nitrogens with one attached hydrogen (secondary N) is 1. The number of carbonyl (C=O) groups excluding carboxylic acids is 1. The van der Waals surface area contributed by atoms with Gasteiger partial charge in [-0.25, -0.2) is 5.48 Å². The van der Waals surface area contributed by atoms with E-state index in [2.05, 4.69) is 6.58 Å². The molecule has 1 fully saturated rings. The molecule has 0 spiro atoms. The van der Waals surface area contributed by atoms with Gasteiger partial charge in [0.05, 0.1) is 0 Å². The van der Waals surface area contributed by atoms with Crippen LogP contribution in [-0.4, -0.2) is 18.5 Å². The van der Waals surface area contributed by atoms with Crippen LogP contribution in [0.1, 0.15) is 19.3 Å². The van der Waals surface area contributed by atoms with Crippen molar-refractivity contribution in [3.63, 3.8) is 0 Å². The van der Waals surface area contributed by atoms with Crippen LogP contribution in [-0.2, 0) is 4.79 Å². The Balaban J connectivity index is 0.000000292. The van der Waals surface area contributed by atoms with Crippen molar-refractivity contribution < 1.29 is 10.0 Å². The quantitative estimate of drug-likeness (QED) is 0.341. The van der Waals surface area contributed by atoms with E-state index < -0.39 is 0 Å². The summed E-state index contributed by atoms with van der Waals surface area (Å²) in [5, 5.41) is 7.32. The molecule has 0 saturated heterocycles. The Morgan fingerprint density at radius 2 is 2.36 bits per heavy atom. The van der Waals surface area contributed by atoms with Crippen LogP contribution >= 0.6 is 0 Å². The van der Waals surface area contributed by atoms with Gasteiger partial charge in [-0.1, -0.05) is 12.2 Å². The van der Waals surface area contributed by atoms with Crippen molar-refractivity contribution in [2.45, 2.75) is 19.3 Å². The van der Waals surface area contributed by atoms with Crippen molar-refractivity contribution >= 4 is 6.29 Å². The lowest BCUT2D eigenvalue weighted by Gasteiger charge is -1.91. The Hall–Kier alpha value is -0.670. The van der Waals surface area contributed by atoms with Crippen LogP contribution in [0.25, 0.3) is 0 Å². The van der Waals surface area contributed by atoms with Crippen LogP contribution in [0.4, 0.5) is 0 Å². The third-order valence-corrected chi connectivity index (χ3v) is 1.61. The van der Waals surface area contributed by atoms with E-state index in [1.807, 2.05) is 0 Å². The Kier molecular flexibility index (Phi) is 5.70. The van der Waals surface area contributed by atoms with Crippen LogP contribution in [0.5, 0.6) is 0 Å². The summed E-state index contributed by atoms with van der Waals surface area (Å²) < 4.78 is 0. The highest BCUT2D eigenvalue weighted by Crippen LogP contribution is 2.26. The third kappa shape index (κ3) is 4.70. The summed E-state index contributed by atoms with van der Waals surface area (Å²) >= 11 is 0. The normalized spacial score (nSPS) is 22.4. The molecule has 11 heavy (non-hydrogen) atoms. The minimum absolute atomic E-state index is 0.294. The Morgan fingerprint density at radius 3 is 2.55 bits per heavy atom. The molecule has 0 aliphatic heterocycles. The maximum atomic E-state index is 10.1. The van der Waals surface area contributed by atoms with Crippen molar-refractivity contribution in [1.29, 1.82) is 0 Å². The van der Waals surface area contributed by atoms with Crippen molar-refractivity contribution in [3.8, 4) is 0 Å². The molecule has 1 rings (SSSR count). The average molecular weight is 157 g/mol. The van der Waals surface area contributed by atoms with Crippen LogP contribution < -0.4 is 5.48 Å². The molecule has 1 saturated carbocycles. The molecular weight excluding hydrogens is 142 g/mol. The maximum Gasteiger partial charge on any atom is 0.123 e. The van der Waals surface area contributed by atoms with Crippen LogP contribution in [0.3, 0.4) is 0 Å². The minimum atomic E-state index is 0.294. The van der Waals surface area contributed by atoms with Gasteiger partial charge in [-0.15, -0.1) is 0 Å². The second-order valence-corrected chi connectivity index (χ2v) is 2.61. The van der Waals surface area contributed by atoms with E-state index in [0.717, 1.165) is 25.5 Å². The molecule has 64 valence electrons. The summed E-state index contributed by atoms with van der Waals surface area (Å²) in [5.41, 5.74) is 2.99. The molecule has 0 aromatic rings. The molecule has 0 unspecified atom stereocenters. The zero-order chi connectivity index (χ0) is 8.69. The first kappa shape index (κ1) is 10.3. The van der Waals surface area contributed by atoms with Crippen molar-refractivity contribution in [3.05, 3.63) is 12.2 Å². The Labute approximate surface area is 67.1 Å². The summed E-state index contributed by atoms with van der Waals surface area (Å²) in [5.74, 6) is 0.294. The molecule has 0 radical (unpaired) electrons. The van der Waals surface area contributed by atoms with E-state index in [9.17, 15) is 4.79 Å². The first-order valence-corrected chi connectivity index (χ1v) is 3.67. The largest absolute Gasteiger partial charge is 0.317 e. The summed E-state index contributed by atoms with van der Waals surface area (Å²) in [4.78, 5) is 10.1. The molecule has 1 atom stereocenters. The summed E-state index contributed by atoms with van der Waals surface area (Å²) in [6.45, 7) is 3.79. The lowest BCUT2D eigenvalue weighted by Crippen LogP contribution is -1.91. The second-order valence-electron chi connectivity index (χ2n) is 2.61. The van der Waals surface area contributed by atoms with Crippen molar-refractivity contribution in [1.82, 2.24) is 5.48 Å². The number of carbonyl (C=O) groups is 1. The fourth-order valence-electron chi connectivity index (χ4n) is 1.08. The van der Waals surface area contributed by atoms with Crippen LogP contribution in [0.2, 0.25) is 0 Å². The molecule has 0 bridgehead atoms. The zero-order valence-electron chi connectivity index (χ0n) is 6.84. The Bertz CT molecular complexity index is 134. The average Bonchev–Trinajstić information content (AvgIpc) is 2.37. The number of hydroxylamine groups is 1. The summed E-state index contributed by atoms with van der Waals surface area (Å²) in [6, 6.07) is 0. The highest BCUT2D eigenvalue weighted by atomic mass is 16.5. The van der Waals surface area contributed by atoms with Crippen LogP contribution in [0.15, 0.2) is 12.2 Å². The molecule has 1 aliphatic rings. The number of hydrogen-bond acceptors (Lipinski definition) is 3. The van der Waals surface area contributed by atoms with E-state index in [1.165, 1.54) is 12.6 Å². The highest BCUT2D eigenvalue weighted by molar-refractivity contribution is 5.55. The molecule has 2 N–H and O–H groups in total. The van der Waals surface area contributed by atoms with E-state index in [-0.39, 0.29) is 0 Å². The summed E-state index contributed by atoms with van der Waals surface area (Å²) in [7, 11) is 1.43. The van der Waals surface area contributed by atoms with Gasteiger partial charge in [-0.05, 0) is 19.3 Å². The SMILES string of the molecule is C=C1CC[C@@H](C=O)C1.CNO. The van der Waals surface area contributed by atoms with Gasteiger partial charge < -0.3 is 10.0 Å². The molecule has 3 heteroatoms. The monoisotopic (exact) mass is 157 g/mol. The van der Waals surface area contributed by atoms with Gasteiger partial charge in [0.1, 0.15) is 6.29 Å². The van der Waals surface area contributed by atoms with E-state index in [4.69, 9.17) is 5.21 Å². The standard InChI is InChI=1S/C7H10O.CH5NO/c1-6-2-3-7(4-6)5-8;1-2-3/h5,7H,1-4H2;2-3H,1H3/t7-;/m1./s1. The number of allylic oxidation sites excluding steroid dienone is 1. The smallest absolute Gasteiger partial charge is 0.123 e. The molecule has 0 aromatic carbocycles. The molecule has 0 aromatic heterocycles.